The van der Waals surface area contributed by atoms with Crippen LogP contribution in [0.4, 0.5) is 0 Å². The summed E-state index contributed by atoms with van der Waals surface area (Å²) in [6.45, 7) is 14.2. The second kappa shape index (κ2) is 5.34. The number of likely N-dealkylation sites (tertiary alicyclic amines) is 1. The molecule has 0 saturated carbocycles. The van der Waals surface area contributed by atoms with Crippen LogP contribution in [0.5, 0.6) is 0 Å². The molecule has 0 aromatic heterocycles. The molecule has 1 saturated heterocycles. The lowest BCUT2D eigenvalue weighted by Crippen LogP contribution is -2.45. The van der Waals surface area contributed by atoms with Gasteiger partial charge in [0.25, 0.3) is 0 Å². The molecule has 15 heavy (non-hydrogen) atoms. The average Bonchev–Trinajstić information content (AvgIpc) is 2.60. The highest BCUT2D eigenvalue weighted by molar-refractivity contribution is 4.92. The van der Waals surface area contributed by atoms with E-state index in [1.165, 1.54) is 19.3 Å². The zero-order chi connectivity index (χ0) is 11.6. The molecule has 0 N–H and O–H groups in total. The zero-order valence-electron chi connectivity index (χ0n) is 11.5. The summed E-state index contributed by atoms with van der Waals surface area (Å²) in [5.74, 6) is 1.66. The van der Waals surface area contributed by atoms with E-state index >= 15 is 0 Å². The van der Waals surface area contributed by atoms with E-state index in [1.54, 1.807) is 0 Å². The van der Waals surface area contributed by atoms with E-state index in [4.69, 9.17) is 0 Å². The van der Waals surface area contributed by atoms with Crippen molar-refractivity contribution >= 4 is 0 Å². The molecule has 0 spiro atoms. The molecule has 0 amide bonds. The minimum absolute atomic E-state index is 0.707. The van der Waals surface area contributed by atoms with Gasteiger partial charge < -0.3 is 0 Å². The van der Waals surface area contributed by atoms with Crippen LogP contribution >= 0.6 is 0 Å². The van der Waals surface area contributed by atoms with Crippen molar-refractivity contribution < 1.29 is 0 Å². The summed E-state index contributed by atoms with van der Waals surface area (Å²) >= 11 is 0. The Morgan fingerprint density at radius 1 is 1.00 bits per heavy atom. The first-order chi connectivity index (χ1) is 6.99. The minimum Gasteiger partial charge on any atom is -0.295 e. The molecule has 0 bridgehead atoms. The van der Waals surface area contributed by atoms with E-state index in [0.717, 1.165) is 23.9 Å². The van der Waals surface area contributed by atoms with Crippen molar-refractivity contribution in [2.24, 2.45) is 11.8 Å². The van der Waals surface area contributed by atoms with Crippen molar-refractivity contribution in [3.63, 3.8) is 0 Å². The van der Waals surface area contributed by atoms with Gasteiger partial charge >= 0.3 is 0 Å². The minimum atomic E-state index is 0.707. The zero-order valence-corrected chi connectivity index (χ0v) is 11.5. The normalized spacial score (nSPS) is 30.4. The molecule has 1 heterocycles. The quantitative estimate of drug-likeness (QED) is 0.681. The Labute approximate surface area is 96.2 Å². The number of hydrogen-bond donors (Lipinski definition) is 0. The van der Waals surface area contributed by atoms with Gasteiger partial charge in [-0.2, -0.15) is 0 Å². The third kappa shape index (κ3) is 2.75. The van der Waals surface area contributed by atoms with Crippen LogP contribution in [0.2, 0.25) is 0 Å². The SMILES string of the molecule is CCC(C)C1CCC(C(C)C)N1C(C)C. The van der Waals surface area contributed by atoms with Crippen LogP contribution in [0, 0.1) is 11.8 Å². The largest absolute Gasteiger partial charge is 0.295 e. The van der Waals surface area contributed by atoms with E-state index in [2.05, 4.69) is 46.4 Å². The molecule has 1 aliphatic heterocycles. The van der Waals surface area contributed by atoms with E-state index in [9.17, 15) is 0 Å². The molecule has 0 aromatic carbocycles. The maximum absolute atomic E-state index is 2.79. The topological polar surface area (TPSA) is 3.24 Å². The molecule has 1 nitrogen and oxygen atoms in total. The van der Waals surface area contributed by atoms with Crippen molar-refractivity contribution in [3.05, 3.63) is 0 Å². The van der Waals surface area contributed by atoms with E-state index in [0.29, 0.717) is 6.04 Å². The fourth-order valence-electron chi connectivity index (χ4n) is 3.18. The second-order valence-electron chi connectivity index (χ2n) is 5.88. The van der Waals surface area contributed by atoms with Crippen molar-refractivity contribution in [1.29, 1.82) is 0 Å². The Kier molecular flexibility index (Phi) is 4.64. The van der Waals surface area contributed by atoms with Crippen molar-refractivity contribution in [3.8, 4) is 0 Å². The monoisotopic (exact) mass is 211 g/mol. The number of hydrogen-bond acceptors (Lipinski definition) is 1. The highest BCUT2D eigenvalue weighted by Crippen LogP contribution is 2.35. The van der Waals surface area contributed by atoms with Crippen molar-refractivity contribution in [1.82, 2.24) is 4.90 Å². The van der Waals surface area contributed by atoms with Crippen LogP contribution in [0.15, 0.2) is 0 Å². The summed E-state index contributed by atoms with van der Waals surface area (Å²) in [6, 6.07) is 2.37. The molecule has 3 unspecified atom stereocenters. The van der Waals surface area contributed by atoms with Gasteiger partial charge in [0.2, 0.25) is 0 Å². The van der Waals surface area contributed by atoms with Gasteiger partial charge in [-0.25, -0.2) is 0 Å². The lowest BCUT2D eigenvalue weighted by atomic mass is 9.96. The number of nitrogens with zero attached hydrogens (tertiary/aromatic N) is 1. The summed E-state index contributed by atoms with van der Waals surface area (Å²) in [7, 11) is 0. The third-order valence-corrected chi connectivity index (χ3v) is 4.19. The Morgan fingerprint density at radius 3 is 1.93 bits per heavy atom. The maximum atomic E-state index is 2.79. The van der Waals surface area contributed by atoms with Crippen LogP contribution in [-0.4, -0.2) is 23.0 Å². The van der Waals surface area contributed by atoms with Gasteiger partial charge in [0.15, 0.2) is 0 Å². The molecule has 1 heteroatoms. The molecular formula is C14H29N. The predicted molar refractivity (Wildman–Crippen MR) is 68.1 cm³/mol. The fraction of sp³-hybridized carbons (Fsp3) is 1.00. The van der Waals surface area contributed by atoms with E-state index in [1.807, 2.05) is 0 Å². The molecule has 90 valence electrons. The third-order valence-electron chi connectivity index (χ3n) is 4.19. The van der Waals surface area contributed by atoms with Gasteiger partial charge in [0, 0.05) is 18.1 Å². The lowest BCUT2D eigenvalue weighted by Gasteiger charge is -2.38. The van der Waals surface area contributed by atoms with Gasteiger partial charge in [0.05, 0.1) is 0 Å². The first-order valence-electron chi connectivity index (χ1n) is 6.76. The fourth-order valence-corrected chi connectivity index (χ4v) is 3.18. The van der Waals surface area contributed by atoms with Crippen molar-refractivity contribution in [2.45, 2.75) is 78.9 Å². The highest BCUT2D eigenvalue weighted by atomic mass is 15.2. The molecule has 1 fully saturated rings. The summed E-state index contributed by atoms with van der Waals surface area (Å²) in [5.41, 5.74) is 0. The van der Waals surface area contributed by atoms with Crippen molar-refractivity contribution in [2.75, 3.05) is 0 Å². The molecule has 0 radical (unpaired) electrons. The molecule has 1 aliphatic rings. The van der Waals surface area contributed by atoms with Crippen LogP contribution in [0.25, 0.3) is 0 Å². The molecule has 3 atom stereocenters. The maximum Gasteiger partial charge on any atom is 0.0127 e. The van der Waals surface area contributed by atoms with Crippen LogP contribution in [-0.2, 0) is 0 Å². The first kappa shape index (κ1) is 13.0. The summed E-state index contributed by atoms with van der Waals surface area (Å²) in [4.78, 5) is 2.79. The average molecular weight is 211 g/mol. The van der Waals surface area contributed by atoms with Gasteiger partial charge in [0.1, 0.15) is 0 Å². The Hall–Kier alpha value is -0.0400. The van der Waals surface area contributed by atoms with Crippen LogP contribution < -0.4 is 0 Å². The van der Waals surface area contributed by atoms with Crippen LogP contribution in [0.3, 0.4) is 0 Å². The predicted octanol–water partition coefficient (Wildman–Crippen LogP) is 3.93. The smallest absolute Gasteiger partial charge is 0.0127 e. The number of rotatable bonds is 4. The van der Waals surface area contributed by atoms with E-state index < -0.39 is 0 Å². The molecular weight excluding hydrogens is 182 g/mol. The standard InChI is InChI=1S/C14H29N/c1-7-12(6)14-9-8-13(10(2)3)15(14)11(4)5/h10-14H,7-9H2,1-6H3. The molecule has 0 aliphatic carbocycles. The summed E-state index contributed by atoms with van der Waals surface area (Å²) in [6.07, 6.45) is 4.14. The Bertz CT molecular complexity index is 186. The summed E-state index contributed by atoms with van der Waals surface area (Å²) in [5, 5.41) is 0. The first-order valence-corrected chi connectivity index (χ1v) is 6.76. The molecule has 1 rings (SSSR count). The second-order valence-corrected chi connectivity index (χ2v) is 5.88. The highest BCUT2D eigenvalue weighted by Gasteiger charge is 2.38. The van der Waals surface area contributed by atoms with Gasteiger partial charge in [-0.3, -0.25) is 4.90 Å². The van der Waals surface area contributed by atoms with Crippen LogP contribution in [0.1, 0.15) is 60.8 Å². The van der Waals surface area contributed by atoms with Gasteiger partial charge in [-0.05, 0) is 38.5 Å². The Morgan fingerprint density at radius 2 is 1.53 bits per heavy atom. The van der Waals surface area contributed by atoms with Gasteiger partial charge in [-0.15, -0.1) is 0 Å². The Balaban J connectivity index is 2.75. The van der Waals surface area contributed by atoms with Gasteiger partial charge in [-0.1, -0.05) is 34.1 Å². The lowest BCUT2D eigenvalue weighted by molar-refractivity contribution is 0.0904. The van der Waals surface area contributed by atoms with E-state index in [-0.39, 0.29) is 0 Å². The molecule has 0 aromatic rings. The summed E-state index contributed by atoms with van der Waals surface area (Å²) < 4.78 is 0.